The Hall–Kier alpha value is -2.31. The summed E-state index contributed by atoms with van der Waals surface area (Å²) in [5.74, 6) is 0.949. The molecule has 2 aromatic rings. The molecule has 1 saturated heterocycles. The summed E-state index contributed by atoms with van der Waals surface area (Å²) < 4.78 is 7.49. The van der Waals surface area contributed by atoms with Gasteiger partial charge in [0.1, 0.15) is 6.17 Å². The molecule has 0 bridgehead atoms. The Morgan fingerprint density at radius 1 is 1.13 bits per heavy atom. The Balaban J connectivity index is 1.75. The van der Waals surface area contributed by atoms with Crippen LogP contribution in [0, 0.1) is 0 Å². The first-order valence-corrected chi connectivity index (χ1v) is 7.91. The van der Waals surface area contributed by atoms with Crippen molar-refractivity contribution in [1.29, 1.82) is 0 Å². The van der Waals surface area contributed by atoms with Crippen LogP contribution in [0.15, 0.2) is 47.7 Å². The first kappa shape index (κ1) is 14.3. The minimum absolute atomic E-state index is 0.166. The number of hydrogen-bond donors (Lipinski definition) is 1. The van der Waals surface area contributed by atoms with Crippen LogP contribution in [-0.4, -0.2) is 53.7 Å². The van der Waals surface area contributed by atoms with Crippen LogP contribution >= 0.6 is 0 Å². The lowest BCUT2D eigenvalue weighted by atomic mass is 10.1. The zero-order chi connectivity index (χ0) is 15.8. The van der Waals surface area contributed by atoms with Gasteiger partial charge in [0.05, 0.1) is 18.9 Å². The van der Waals surface area contributed by atoms with Gasteiger partial charge in [0, 0.05) is 37.6 Å². The Bertz CT molecular complexity index is 715. The van der Waals surface area contributed by atoms with Gasteiger partial charge in [-0.3, -0.25) is 4.90 Å². The lowest BCUT2D eigenvalue weighted by molar-refractivity contribution is -0.0147. The van der Waals surface area contributed by atoms with Crippen LogP contribution in [-0.2, 0) is 4.74 Å². The third-order valence-corrected chi connectivity index (χ3v) is 4.49. The van der Waals surface area contributed by atoms with E-state index in [4.69, 9.17) is 15.6 Å². The number of hydrogen-bond acceptors (Lipinski definition) is 5. The molecule has 1 aromatic heterocycles. The van der Waals surface area contributed by atoms with Crippen LogP contribution < -0.4 is 5.73 Å². The Morgan fingerprint density at radius 2 is 1.87 bits per heavy atom. The van der Waals surface area contributed by atoms with E-state index in [0.717, 1.165) is 43.4 Å². The molecule has 2 aliphatic heterocycles. The lowest BCUT2D eigenvalue weighted by Crippen LogP contribution is -2.49. The molecule has 0 amide bonds. The highest BCUT2D eigenvalue weighted by atomic mass is 16.5. The summed E-state index contributed by atoms with van der Waals surface area (Å²) in [6, 6.07) is 12.1. The molecule has 3 heterocycles. The molecule has 6 heteroatoms. The molecular weight excluding hydrogens is 290 g/mol. The molecule has 2 aliphatic rings. The van der Waals surface area contributed by atoms with Crippen LogP contribution in [0.1, 0.15) is 17.4 Å². The van der Waals surface area contributed by atoms with E-state index < -0.39 is 0 Å². The van der Waals surface area contributed by atoms with E-state index in [2.05, 4.69) is 22.9 Å². The molecule has 2 N–H and O–H groups in total. The summed E-state index contributed by atoms with van der Waals surface area (Å²) in [4.78, 5) is 4.69. The molecule has 23 heavy (non-hydrogen) atoms. The summed E-state index contributed by atoms with van der Waals surface area (Å²) in [7, 11) is 2.10. The maximum Gasteiger partial charge on any atom is 0.158 e. The quantitative estimate of drug-likeness (QED) is 0.855. The van der Waals surface area contributed by atoms with Gasteiger partial charge >= 0.3 is 0 Å². The molecule has 1 aromatic carbocycles. The Morgan fingerprint density at radius 3 is 2.61 bits per heavy atom. The van der Waals surface area contributed by atoms with Crippen molar-refractivity contribution in [1.82, 2.24) is 14.5 Å². The maximum atomic E-state index is 5.81. The highest BCUT2D eigenvalue weighted by molar-refractivity contribution is 5.99. The number of anilines is 1. The van der Waals surface area contributed by atoms with Crippen LogP contribution in [0.3, 0.4) is 0 Å². The highest BCUT2D eigenvalue weighted by Crippen LogP contribution is 2.30. The van der Waals surface area contributed by atoms with Crippen LogP contribution in [0.25, 0.3) is 0 Å². The van der Waals surface area contributed by atoms with E-state index in [0.29, 0.717) is 0 Å². The number of rotatable bonds is 2. The number of fused-ring (bicyclic) bond motifs is 1. The van der Waals surface area contributed by atoms with Crippen molar-refractivity contribution < 1.29 is 4.74 Å². The molecule has 0 saturated carbocycles. The van der Waals surface area contributed by atoms with Crippen molar-refractivity contribution in [3.8, 4) is 0 Å². The standard InChI is InChI=1S/C17H21N5O/c1-20-16(13-4-6-14(18)7-5-13)19-22-8-2-3-15(22)17(20)21-9-11-23-12-10-21/h2-8,17H,9-12,18H2,1H3. The second kappa shape index (κ2) is 5.72. The average molecular weight is 311 g/mol. The first-order valence-electron chi connectivity index (χ1n) is 7.91. The van der Waals surface area contributed by atoms with Gasteiger partial charge in [-0.1, -0.05) is 0 Å². The summed E-state index contributed by atoms with van der Waals surface area (Å²) in [6.07, 6.45) is 2.17. The Kier molecular flexibility index (Phi) is 3.55. The minimum atomic E-state index is 0.166. The molecule has 6 nitrogen and oxygen atoms in total. The van der Waals surface area contributed by atoms with Gasteiger partial charge in [-0.25, -0.2) is 4.68 Å². The van der Waals surface area contributed by atoms with Crippen LogP contribution in [0.5, 0.6) is 0 Å². The number of morpholine rings is 1. The van der Waals surface area contributed by atoms with Crippen molar-refractivity contribution >= 4 is 11.5 Å². The van der Waals surface area contributed by atoms with E-state index in [9.17, 15) is 0 Å². The Labute approximate surface area is 135 Å². The number of amidine groups is 1. The third kappa shape index (κ3) is 2.50. The number of nitrogens with two attached hydrogens (primary N) is 1. The van der Waals surface area contributed by atoms with Crippen LogP contribution in [0.4, 0.5) is 5.69 Å². The molecular formula is C17H21N5O. The molecule has 1 unspecified atom stereocenters. The largest absolute Gasteiger partial charge is 0.399 e. The third-order valence-electron chi connectivity index (χ3n) is 4.49. The van der Waals surface area contributed by atoms with Gasteiger partial charge in [0.15, 0.2) is 5.84 Å². The summed E-state index contributed by atoms with van der Waals surface area (Å²) >= 11 is 0. The normalized spacial score (nSPS) is 21.9. The van der Waals surface area contributed by atoms with Crippen molar-refractivity contribution in [3.05, 3.63) is 53.9 Å². The first-order chi connectivity index (χ1) is 11.2. The predicted octanol–water partition coefficient (Wildman–Crippen LogP) is 1.56. The van der Waals surface area contributed by atoms with Gasteiger partial charge < -0.3 is 15.4 Å². The highest BCUT2D eigenvalue weighted by Gasteiger charge is 2.33. The average Bonchev–Trinajstić information content (AvgIpc) is 3.04. The van der Waals surface area contributed by atoms with Gasteiger partial charge in [-0.05, 0) is 36.4 Å². The molecule has 0 spiro atoms. The van der Waals surface area contributed by atoms with Gasteiger partial charge in [0.2, 0.25) is 0 Å². The zero-order valence-corrected chi connectivity index (χ0v) is 13.2. The fourth-order valence-electron chi connectivity index (χ4n) is 3.32. The lowest BCUT2D eigenvalue weighted by Gasteiger charge is -2.43. The minimum Gasteiger partial charge on any atom is -0.399 e. The van der Waals surface area contributed by atoms with Crippen molar-refractivity contribution in [2.45, 2.75) is 6.17 Å². The summed E-state index contributed by atoms with van der Waals surface area (Å²) in [5.41, 5.74) is 8.83. The predicted molar refractivity (Wildman–Crippen MR) is 90.1 cm³/mol. The fourth-order valence-corrected chi connectivity index (χ4v) is 3.32. The second-order valence-corrected chi connectivity index (χ2v) is 5.96. The SMILES string of the molecule is CN1C(c2ccc(N)cc2)=Nn2cccc2C1N1CCOCC1. The van der Waals surface area contributed by atoms with E-state index >= 15 is 0 Å². The molecule has 1 atom stereocenters. The summed E-state index contributed by atoms with van der Waals surface area (Å²) in [6.45, 7) is 3.41. The van der Waals surface area contributed by atoms with E-state index in [-0.39, 0.29) is 6.17 Å². The number of ether oxygens (including phenoxy) is 1. The molecule has 120 valence electrons. The number of nitrogen functional groups attached to an aromatic ring is 1. The second-order valence-electron chi connectivity index (χ2n) is 5.96. The van der Waals surface area contributed by atoms with Crippen LogP contribution in [0.2, 0.25) is 0 Å². The van der Waals surface area contributed by atoms with Crippen molar-refractivity contribution in [2.24, 2.45) is 5.10 Å². The smallest absolute Gasteiger partial charge is 0.158 e. The molecule has 0 radical (unpaired) electrons. The number of nitrogens with zero attached hydrogens (tertiary/aromatic N) is 4. The van der Waals surface area contributed by atoms with Crippen molar-refractivity contribution in [3.63, 3.8) is 0 Å². The molecule has 0 aliphatic carbocycles. The van der Waals surface area contributed by atoms with Crippen molar-refractivity contribution in [2.75, 3.05) is 39.1 Å². The number of aromatic nitrogens is 1. The summed E-state index contributed by atoms with van der Waals surface area (Å²) in [5, 5.41) is 4.79. The number of benzene rings is 1. The van der Waals surface area contributed by atoms with Gasteiger partial charge in [-0.2, -0.15) is 0 Å². The zero-order valence-electron chi connectivity index (χ0n) is 13.2. The van der Waals surface area contributed by atoms with E-state index in [1.54, 1.807) is 0 Å². The molecule has 1 fully saturated rings. The maximum absolute atomic E-state index is 5.81. The fraction of sp³-hybridized carbons (Fsp3) is 0.353. The topological polar surface area (TPSA) is 59.0 Å². The monoisotopic (exact) mass is 311 g/mol. The van der Waals surface area contributed by atoms with Gasteiger partial charge in [0.25, 0.3) is 0 Å². The van der Waals surface area contributed by atoms with E-state index in [1.165, 1.54) is 5.69 Å². The van der Waals surface area contributed by atoms with E-state index in [1.807, 2.05) is 41.2 Å². The van der Waals surface area contributed by atoms with Gasteiger partial charge in [-0.15, -0.1) is 5.10 Å². The molecule has 4 rings (SSSR count).